The Hall–Kier alpha value is -3.15. The second-order valence-electron chi connectivity index (χ2n) is 7.80. The van der Waals surface area contributed by atoms with Crippen LogP contribution in [0.1, 0.15) is 42.4 Å². The molecular formula is C24H27FN2O3. The van der Waals surface area contributed by atoms with E-state index in [-0.39, 0.29) is 0 Å². The molecule has 1 aliphatic rings. The number of carboxylic acids is 1. The molecule has 0 bridgehead atoms. The highest BCUT2D eigenvalue weighted by Gasteiger charge is 2.15. The summed E-state index contributed by atoms with van der Waals surface area (Å²) >= 11 is 0. The van der Waals surface area contributed by atoms with Crippen molar-refractivity contribution < 1.29 is 19.1 Å². The maximum atomic E-state index is 14.1. The molecule has 1 aliphatic carbocycles. The molecule has 0 atom stereocenters. The van der Waals surface area contributed by atoms with Gasteiger partial charge in [0.05, 0.1) is 0 Å². The Kier molecular flexibility index (Phi) is 6.87. The number of aryl methyl sites for hydroxylation is 2. The van der Waals surface area contributed by atoms with E-state index in [0.717, 1.165) is 34.0 Å². The van der Waals surface area contributed by atoms with Crippen LogP contribution in [0.25, 0.3) is 17.2 Å². The number of halogens is 1. The molecule has 0 radical (unpaired) electrons. The van der Waals surface area contributed by atoms with Gasteiger partial charge >= 0.3 is 5.97 Å². The first-order valence-corrected chi connectivity index (χ1v) is 10.2. The van der Waals surface area contributed by atoms with E-state index >= 15 is 0 Å². The van der Waals surface area contributed by atoms with Gasteiger partial charge in [-0.15, -0.1) is 0 Å². The fourth-order valence-electron chi connectivity index (χ4n) is 3.80. The summed E-state index contributed by atoms with van der Waals surface area (Å²) in [4.78, 5) is 22.2. The maximum Gasteiger partial charge on any atom is 0.322 e. The summed E-state index contributed by atoms with van der Waals surface area (Å²) < 4.78 is 14.1. The van der Waals surface area contributed by atoms with Crippen molar-refractivity contribution in [2.75, 3.05) is 11.9 Å². The van der Waals surface area contributed by atoms with Gasteiger partial charge in [0.15, 0.2) is 5.83 Å². The standard InChI is InChI=1S/C24H27FN2O3/c1-15-12-21(17-7-9-20(10-8-17)27-19-5-3-4-6-19)16(2)11-18(15)13-22(25)24(30)26-14-23(28)29/h7-13,19,27H,3-6,14H2,1-2H3,(H,26,30)(H,28,29). The number of hydrogen-bond acceptors (Lipinski definition) is 3. The number of amides is 1. The third kappa shape index (κ3) is 5.47. The quantitative estimate of drug-likeness (QED) is 0.571. The zero-order valence-electron chi connectivity index (χ0n) is 17.3. The van der Waals surface area contributed by atoms with Crippen LogP contribution in [0.3, 0.4) is 0 Å². The van der Waals surface area contributed by atoms with Crippen molar-refractivity contribution >= 4 is 23.6 Å². The van der Waals surface area contributed by atoms with Crippen LogP contribution in [0.2, 0.25) is 0 Å². The van der Waals surface area contributed by atoms with E-state index in [9.17, 15) is 14.0 Å². The van der Waals surface area contributed by atoms with Crippen LogP contribution in [0.4, 0.5) is 10.1 Å². The second-order valence-corrected chi connectivity index (χ2v) is 7.80. The normalized spacial score (nSPS) is 14.6. The highest BCUT2D eigenvalue weighted by atomic mass is 19.1. The molecule has 0 unspecified atom stereocenters. The minimum atomic E-state index is -1.23. The van der Waals surface area contributed by atoms with Crippen LogP contribution in [0, 0.1) is 13.8 Å². The fraction of sp³-hybridized carbons (Fsp3) is 0.333. The Morgan fingerprint density at radius 1 is 1.10 bits per heavy atom. The molecule has 1 fully saturated rings. The van der Waals surface area contributed by atoms with Crippen molar-refractivity contribution in [3.63, 3.8) is 0 Å². The van der Waals surface area contributed by atoms with Crippen molar-refractivity contribution in [2.45, 2.75) is 45.6 Å². The molecule has 1 saturated carbocycles. The summed E-state index contributed by atoms with van der Waals surface area (Å²) in [5.74, 6) is -3.28. The molecule has 2 aromatic carbocycles. The zero-order valence-corrected chi connectivity index (χ0v) is 17.3. The average molecular weight is 410 g/mol. The van der Waals surface area contributed by atoms with E-state index < -0.39 is 24.2 Å². The van der Waals surface area contributed by atoms with Crippen LogP contribution in [0.15, 0.2) is 42.2 Å². The molecule has 3 N–H and O–H groups in total. The Labute approximate surface area is 176 Å². The van der Waals surface area contributed by atoms with Gasteiger partial charge in [0.1, 0.15) is 6.54 Å². The van der Waals surface area contributed by atoms with Gasteiger partial charge in [0.2, 0.25) is 0 Å². The van der Waals surface area contributed by atoms with Crippen LogP contribution in [-0.4, -0.2) is 29.6 Å². The molecule has 158 valence electrons. The van der Waals surface area contributed by atoms with Crippen LogP contribution in [-0.2, 0) is 9.59 Å². The zero-order chi connectivity index (χ0) is 21.7. The summed E-state index contributed by atoms with van der Waals surface area (Å²) in [6.07, 6.45) is 6.16. The summed E-state index contributed by atoms with van der Waals surface area (Å²) in [6, 6.07) is 12.7. The molecule has 1 amide bonds. The van der Waals surface area contributed by atoms with E-state index in [2.05, 4.69) is 29.6 Å². The van der Waals surface area contributed by atoms with Gasteiger partial charge in [-0.25, -0.2) is 4.39 Å². The van der Waals surface area contributed by atoms with Crippen molar-refractivity contribution in [3.8, 4) is 11.1 Å². The molecule has 2 aromatic rings. The SMILES string of the molecule is Cc1cc(-c2ccc(NC3CCCC3)cc2)c(C)cc1C=C(F)C(=O)NCC(=O)O. The molecule has 30 heavy (non-hydrogen) atoms. The predicted molar refractivity (Wildman–Crippen MR) is 117 cm³/mol. The lowest BCUT2D eigenvalue weighted by atomic mass is 9.94. The second kappa shape index (κ2) is 9.57. The number of aliphatic carboxylic acids is 1. The molecule has 5 nitrogen and oxygen atoms in total. The lowest BCUT2D eigenvalue weighted by Gasteiger charge is -2.15. The molecule has 0 heterocycles. The van der Waals surface area contributed by atoms with Crippen molar-refractivity contribution in [2.24, 2.45) is 0 Å². The molecule has 0 aliphatic heterocycles. The van der Waals surface area contributed by atoms with Crippen molar-refractivity contribution in [1.82, 2.24) is 5.32 Å². The number of benzene rings is 2. The number of hydrogen-bond donors (Lipinski definition) is 3. The fourth-order valence-corrected chi connectivity index (χ4v) is 3.80. The van der Waals surface area contributed by atoms with E-state index in [1.165, 1.54) is 25.7 Å². The predicted octanol–water partition coefficient (Wildman–Crippen LogP) is 4.84. The first-order valence-electron chi connectivity index (χ1n) is 10.2. The third-order valence-electron chi connectivity index (χ3n) is 5.43. The summed E-state index contributed by atoms with van der Waals surface area (Å²) in [7, 11) is 0. The maximum absolute atomic E-state index is 14.1. The average Bonchev–Trinajstić information content (AvgIpc) is 3.22. The van der Waals surface area contributed by atoms with Gasteiger partial charge in [-0.2, -0.15) is 0 Å². The van der Waals surface area contributed by atoms with E-state index in [4.69, 9.17) is 5.11 Å². The molecule has 0 aromatic heterocycles. The number of rotatable bonds is 7. The first kappa shape index (κ1) is 21.6. The molecule has 6 heteroatoms. The largest absolute Gasteiger partial charge is 0.480 e. The van der Waals surface area contributed by atoms with Crippen LogP contribution >= 0.6 is 0 Å². The minimum absolute atomic E-state index is 0.563. The van der Waals surface area contributed by atoms with E-state index in [1.54, 1.807) is 0 Å². The first-order chi connectivity index (χ1) is 14.3. The Bertz CT molecular complexity index is 961. The lowest BCUT2D eigenvalue weighted by molar-refractivity contribution is -0.137. The molecule has 0 spiro atoms. The van der Waals surface area contributed by atoms with Crippen molar-refractivity contribution in [3.05, 3.63) is 58.9 Å². The van der Waals surface area contributed by atoms with Gasteiger partial charge < -0.3 is 15.7 Å². The van der Waals surface area contributed by atoms with Crippen molar-refractivity contribution in [1.29, 1.82) is 0 Å². The number of carboxylic acid groups (broad SMARTS) is 1. The topological polar surface area (TPSA) is 78.4 Å². The monoisotopic (exact) mass is 410 g/mol. The summed E-state index contributed by atoms with van der Waals surface area (Å²) in [5, 5.41) is 14.2. The highest BCUT2D eigenvalue weighted by Crippen LogP contribution is 2.30. The van der Waals surface area contributed by atoms with Crippen LogP contribution < -0.4 is 10.6 Å². The van der Waals surface area contributed by atoms with Gasteiger partial charge in [0.25, 0.3) is 5.91 Å². The Morgan fingerprint density at radius 2 is 1.77 bits per heavy atom. The Balaban J connectivity index is 1.76. The highest BCUT2D eigenvalue weighted by molar-refractivity contribution is 5.97. The minimum Gasteiger partial charge on any atom is -0.480 e. The summed E-state index contributed by atoms with van der Waals surface area (Å²) in [6.45, 7) is 3.18. The van der Waals surface area contributed by atoms with Gasteiger partial charge in [-0.05, 0) is 72.7 Å². The number of carbonyl (C=O) groups is 2. The number of carbonyl (C=O) groups excluding carboxylic acids is 1. The summed E-state index contributed by atoms with van der Waals surface area (Å²) in [5.41, 5.74) is 5.61. The molecule has 3 rings (SSSR count). The lowest BCUT2D eigenvalue weighted by Crippen LogP contribution is -2.29. The number of nitrogens with one attached hydrogen (secondary N) is 2. The van der Waals surface area contributed by atoms with Gasteiger partial charge in [-0.3, -0.25) is 9.59 Å². The van der Waals surface area contributed by atoms with E-state index in [0.29, 0.717) is 11.6 Å². The van der Waals surface area contributed by atoms with Gasteiger partial charge in [-0.1, -0.05) is 37.1 Å². The molecular weight excluding hydrogens is 383 g/mol. The van der Waals surface area contributed by atoms with E-state index in [1.807, 2.05) is 31.3 Å². The molecule has 0 saturated heterocycles. The van der Waals surface area contributed by atoms with Gasteiger partial charge in [0, 0.05) is 11.7 Å². The third-order valence-corrected chi connectivity index (χ3v) is 5.43. The smallest absolute Gasteiger partial charge is 0.322 e. The van der Waals surface area contributed by atoms with Crippen LogP contribution in [0.5, 0.6) is 0 Å². The number of anilines is 1. The Morgan fingerprint density at radius 3 is 2.40 bits per heavy atom.